The number of para-hydroxylation sites is 1. The first kappa shape index (κ1) is 33.1. The van der Waals surface area contributed by atoms with Gasteiger partial charge in [0.2, 0.25) is 11.8 Å². The second-order valence-electron chi connectivity index (χ2n) is 10.0. The van der Waals surface area contributed by atoms with Gasteiger partial charge < -0.3 is 29.4 Å². The van der Waals surface area contributed by atoms with Crippen LogP contribution in [0.15, 0.2) is 41.4 Å². The molecule has 1 aliphatic heterocycles. The molecule has 3 rings (SSSR count). The number of hydrogen-bond donors (Lipinski definition) is 2. The number of ether oxygens (including phenoxy) is 3. The lowest BCUT2D eigenvalue weighted by Crippen LogP contribution is -2.31. The van der Waals surface area contributed by atoms with Crippen molar-refractivity contribution in [1.82, 2.24) is 25.7 Å². The molecule has 1 atom stereocenters. The van der Waals surface area contributed by atoms with E-state index in [0.29, 0.717) is 43.4 Å². The molecule has 0 aliphatic carbocycles. The molecule has 13 heteroatoms. The molecule has 3 amide bonds. The summed E-state index contributed by atoms with van der Waals surface area (Å²) in [5.41, 5.74) is 0.272. The minimum atomic E-state index is -0.520. The lowest BCUT2D eigenvalue weighted by Gasteiger charge is -2.20. The Morgan fingerprint density at radius 1 is 1.07 bits per heavy atom. The smallest absolute Gasteiger partial charge is 0.410 e. The van der Waals surface area contributed by atoms with E-state index in [1.807, 2.05) is 0 Å². The number of carbonyl (C=O) groups excluding carboxylic acids is 4. The van der Waals surface area contributed by atoms with Crippen molar-refractivity contribution in [2.45, 2.75) is 70.4 Å². The number of aromatic nitrogens is 2. The highest BCUT2D eigenvalue weighted by Gasteiger charge is 2.35. The van der Waals surface area contributed by atoms with Gasteiger partial charge in [-0.3, -0.25) is 14.5 Å². The van der Waals surface area contributed by atoms with Gasteiger partial charge in [0.05, 0.1) is 13.7 Å². The summed E-state index contributed by atoms with van der Waals surface area (Å²) in [7, 11) is 1.29. The minimum absolute atomic E-state index is 0.0824. The number of unbranched alkanes of at least 4 members (excludes halogenated alkanes) is 5. The standard InChI is InChI=1S/C30H41N5O8/c1-3-19-41-30(39)35-18-12-14-23(35)28-33-25(34-43-28)20-32-26(36)16-8-6-4-5-7-11-17-31-27(37)21-42-24-15-10-9-13-22(24)29(38)40-2/h3,9-10,13,15,23H,1,4-8,11-12,14,16-21H2,2H3,(H,31,37)(H,32,36). The molecular formula is C30H41N5O8. The number of hydrogen-bond acceptors (Lipinski definition) is 10. The van der Waals surface area contributed by atoms with Gasteiger partial charge in [0.15, 0.2) is 12.4 Å². The number of amides is 3. The highest BCUT2D eigenvalue weighted by Crippen LogP contribution is 2.31. The van der Waals surface area contributed by atoms with Crippen LogP contribution >= 0.6 is 0 Å². The Morgan fingerprint density at radius 2 is 1.84 bits per heavy atom. The molecule has 0 bridgehead atoms. The Kier molecular flexibility index (Phi) is 14.0. The van der Waals surface area contributed by atoms with Crippen LogP contribution in [0.4, 0.5) is 4.79 Å². The highest BCUT2D eigenvalue weighted by atomic mass is 16.6. The van der Waals surface area contributed by atoms with Crippen molar-refractivity contribution in [3.63, 3.8) is 0 Å². The quantitative estimate of drug-likeness (QED) is 0.146. The third kappa shape index (κ3) is 11.1. The Morgan fingerprint density at radius 3 is 2.63 bits per heavy atom. The molecule has 1 saturated heterocycles. The average molecular weight is 600 g/mol. The number of rotatable bonds is 18. The van der Waals surface area contributed by atoms with Gasteiger partial charge in [-0.1, -0.05) is 55.6 Å². The van der Waals surface area contributed by atoms with Gasteiger partial charge in [-0.05, 0) is 37.8 Å². The molecule has 1 unspecified atom stereocenters. The zero-order valence-corrected chi connectivity index (χ0v) is 24.7. The van der Waals surface area contributed by atoms with E-state index in [1.54, 1.807) is 29.2 Å². The minimum Gasteiger partial charge on any atom is -0.483 e. The van der Waals surface area contributed by atoms with Crippen molar-refractivity contribution in [2.75, 3.05) is 33.4 Å². The number of nitrogens with one attached hydrogen (secondary N) is 2. The molecule has 2 heterocycles. The van der Waals surface area contributed by atoms with Crippen molar-refractivity contribution >= 4 is 23.9 Å². The van der Waals surface area contributed by atoms with Crippen molar-refractivity contribution in [1.29, 1.82) is 0 Å². The van der Waals surface area contributed by atoms with Crippen LogP contribution in [0.5, 0.6) is 5.75 Å². The summed E-state index contributed by atoms with van der Waals surface area (Å²) < 4.78 is 20.7. The highest BCUT2D eigenvalue weighted by molar-refractivity contribution is 5.92. The van der Waals surface area contributed by atoms with Crippen molar-refractivity contribution in [3.8, 4) is 5.75 Å². The van der Waals surface area contributed by atoms with Gasteiger partial charge in [-0.15, -0.1) is 0 Å². The fourth-order valence-corrected chi connectivity index (χ4v) is 4.61. The molecule has 0 spiro atoms. The summed E-state index contributed by atoms with van der Waals surface area (Å²) in [6, 6.07) is 6.28. The zero-order valence-electron chi connectivity index (χ0n) is 24.7. The number of methoxy groups -OCH3 is 1. The van der Waals surface area contributed by atoms with Crippen molar-refractivity contribution in [2.24, 2.45) is 0 Å². The van der Waals surface area contributed by atoms with Crippen molar-refractivity contribution in [3.05, 3.63) is 54.2 Å². The van der Waals surface area contributed by atoms with Gasteiger partial charge in [0.25, 0.3) is 5.91 Å². The molecule has 2 aromatic rings. The summed E-state index contributed by atoms with van der Waals surface area (Å²) in [6.07, 6.45) is 8.50. The first-order valence-corrected chi connectivity index (χ1v) is 14.6. The molecule has 0 radical (unpaired) electrons. The molecule has 43 heavy (non-hydrogen) atoms. The molecular weight excluding hydrogens is 558 g/mol. The number of esters is 1. The van der Waals surface area contributed by atoms with E-state index in [1.165, 1.54) is 13.2 Å². The molecule has 1 aromatic carbocycles. The molecule has 1 fully saturated rings. The Hall–Kier alpha value is -4.42. The van der Waals surface area contributed by atoms with Crippen LogP contribution in [0.1, 0.15) is 85.9 Å². The maximum absolute atomic E-state index is 12.2. The molecule has 2 N–H and O–H groups in total. The summed E-state index contributed by atoms with van der Waals surface area (Å²) in [4.78, 5) is 54.2. The second kappa shape index (κ2) is 18.2. The van der Waals surface area contributed by atoms with E-state index in [2.05, 4.69) is 27.4 Å². The summed E-state index contributed by atoms with van der Waals surface area (Å²) in [5, 5.41) is 9.56. The van der Waals surface area contributed by atoms with Crippen LogP contribution in [0.25, 0.3) is 0 Å². The van der Waals surface area contributed by atoms with Crippen LogP contribution in [0, 0.1) is 0 Å². The number of nitrogens with zero attached hydrogens (tertiary/aromatic N) is 3. The third-order valence-corrected chi connectivity index (χ3v) is 6.83. The number of carbonyl (C=O) groups is 4. The van der Waals surface area contributed by atoms with Crippen LogP contribution in [0.3, 0.4) is 0 Å². The van der Waals surface area contributed by atoms with E-state index < -0.39 is 12.1 Å². The second-order valence-corrected chi connectivity index (χ2v) is 10.0. The maximum atomic E-state index is 12.2. The first-order valence-electron chi connectivity index (χ1n) is 14.6. The van der Waals surface area contributed by atoms with E-state index in [-0.39, 0.29) is 43.2 Å². The fraction of sp³-hybridized carbons (Fsp3) is 0.533. The van der Waals surface area contributed by atoms with Gasteiger partial charge in [0.1, 0.15) is 24.0 Å². The lowest BCUT2D eigenvalue weighted by atomic mass is 10.1. The number of benzene rings is 1. The van der Waals surface area contributed by atoms with Gasteiger partial charge in [0, 0.05) is 19.5 Å². The molecule has 234 valence electrons. The van der Waals surface area contributed by atoms with E-state index in [0.717, 1.165) is 44.9 Å². The van der Waals surface area contributed by atoms with Gasteiger partial charge in [-0.25, -0.2) is 9.59 Å². The van der Waals surface area contributed by atoms with Crippen LogP contribution in [-0.2, 0) is 25.6 Å². The topological polar surface area (TPSA) is 162 Å². The zero-order chi connectivity index (χ0) is 30.9. The maximum Gasteiger partial charge on any atom is 0.410 e. The molecule has 13 nitrogen and oxygen atoms in total. The third-order valence-electron chi connectivity index (χ3n) is 6.83. The average Bonchev–Trinajstić information content (AvgIpc) is 3.70. The molecule has 0 saturated carbocycles. The van der Waals surface area contributed by atoms with Crippen LogP contribution < -0.4 is 15.4 Å². The largest absolute Gasteiger partial charge is 0.483 e. The normalized spacial score (nSPS) is 14.2. The van der Waals surface area contributed by atoms with E-state index >= 15 is 0 Å². The Labute approximate surface area is 251 Å². The predicted octanol–water partition coefficient (Wildman–Crippen LogP) is 3.86. The van der Waals surface area contributed by atoms with E-state index in [9.17, 15) is 19.2 Å². The predicted molar refractivity (Wildman–Crippen MR) is 155 cm³/mol. The van der Waals surface area contributed by atoms with Gasteiger partial charge in [-0.2, -0.15) is 4.98 Å². The van der Waals surface area contributed by atoms with Gasteiger partial charge >= 0.3 is 12.1 Å². The van der Waals surface area contributed by atoms with Crippen LogP contribution in [0.2, 0.25) is 0 Å². The summed E-state index contributed by atoms with van der Waals surface area (Å²) in [5.74, 6) is 0.144. The summed E-state index contributed by atoms with van der Waals surface area (Å²) >= 11 is 0. The lowest BCUT2D eigenvalue weighted by molar-refractivity contribution is -0.123. The van der Waals surface area contributed by atoms with Crippen molar-refractivity contribution < 1.29 is 37.9 Å². The summed E-state index contributed by atoms with van der Waals surface area (Å²) in [6.45, 7) is 4.75. The Balaban J connectivity index is 1.20. The van der Waals surface area contributed by atoms with E-state index in [4.69, 9.17) is 18.7 Å². The fourth-order valence-electron chi connectivity index (χ4n) is 4.61. The number of likely N-dealkylation sites (tertiary alicyclic amines) is 1. The SMILES string of the molecule is C=CCOC(=O)N1CCCC1c1nc(CNC(=O)CCCCCCCCNC(=O)COc2ccccc2C(=O)OC)no1. The first-order chi connectivity index (χ1) is 20.9. The monoisotopic (exact) mass is 599 g/mol. The van der Waals surface area contributed by atoms with Crippen LogP contribution in [-0.4, -0.2) is 72.3 Å². The molecule has 1 aromatic heterocycles. The molecule has 1 aliphatic rings. The Bertz CT molecular complexity index is 1220.